The van der Waals surface area contributed by atoms with E-state index in [4.69, 9.17) is 9.47 Å². The Hall–Kier alpha value is -3.28. The number of carbonyl (C=O) groups excluding carboxylic acids is 2. The summed E-state index contributed by atoms with van der Waals surface area (Å²) in [5.41, 5.74) is 6.07. The van der Waals surface area contributed by atoms with E-state index >= 15 is 0 Å². The Bertz CT molecular complexity index is 849. The van der Waals surface area contributed by atoms with Crippen LogP contribution in [0.1, 0.15) is 43.0 Å². The lowest BCUT2D eigenvalue weighted by Gasteiger charge is -2.08. The molecule has 0 unspecified atom stereocenters. The van der Waals surface area contributed by atoms with Crippen LogP contribution in [0.4, 0.5) is 11.4 Å². The summed E-state index contributed by atoms with van der Waals surface area (Å²) >= 11 is 0. The first kappa shape index (κ1) is 21.0. The molecule has 0 aliphatic carbocycles. The molecule has 6 heteroatoms. The van der Waals surface area contributed by atoms with Crippen molar-refractivity contribution < 1.29 is 19.1 Å². The fourth-order valence-electron chi connectivity index (χ4n) is 3.01. The molecule has 0 amide bonds. The molecule has 0 atom stereocenters. The number of hydrogen-bond donors (Lipinski definition) is 0. The number of rotatable bonds is 5. The molecule has 28 heavy (non-hydrogen) atoms. The Morgan fingerprint density at radius 3 is 1.21 bits per heavy atom. The van der Waals surface area contributed by atoms with Crippen molar-refractivity contribution in [2.75, 3.05) is 14.2 Å². The molecule has 2 aromatic rings. The zero-order valence-corrected chi connectivity index (χ0v) is 17.0. The first-order valence-electron chi connectivity index (χ1n) is 8.74. The van der Waals surface area contributed by atoms with Gasteiger partial charge in [0.25, 0.3) is 0 Å². The zero-order chi connectivity index (χ0) is 20.8. The van der Waals surface area contributed by atoms with Gasteiger partial charge >= 0.3 is 11.9 Å². The van der Waals surface area contributed by atoms with Crippen LogP contribution in [0.5, 0.6) is 0 Å². The van der Waals surface area contributed by atoms with Gasteiger partial charge in [-0.05, 0) is 74.2 Å². The second kappa shape index (κ2) is 9.08. The Morgan fingerprint density at radius 1 is 0.679 bits per heavy atom. The first-order chi connectivity index (χ1) is 13.3. The van der Waals surface area contributed by atoms with E-state index in [1.165, 1.54) is 14.2 Å². The van der Waals surface area contributed by atoms with Gasteiger partial charge in [-0.25, -0.2) is 9.59 Å². The maximum absolute atomic E-state index is 11.7. The van der Waals surface area contributed by atoms with Crippen molar-refractivity contribution in [1.82, 2.24) is 0 Å². The highest BCUT2D eigenvalue weighted by molar-refractivity contribution is 6.17. The number of hydrogen-bond acceptors (Lipinski definition) is 6. The Kier molecular flexibility index (Phi) is 6.82. The average Bonchev–Trinajstić information content (AvgIpc) is 2.66. The summed E-state index contributed by atoms with van der Waals surface area (Å²) in [4.78, 5) is 32.3. The SMILES string of the molecule is COC(=O)c1cc(C)c(N=CC=Nc2c(C)cc(C(=O)OC)cc2C)c(C)c1. The molecule has 2 rings (SSSR count). The fourth-order valence-corrected chi connectivity index (χ4v) is 3.01. The lowest BCUT2D eigenvalue weighted by molar-refractivity contribution is 0.0591. The highest BCUT2D eigenvalue weighted by Crippen LogP contribution is 2.26. The monoisotopic (exact) mass is 380 g/mol. The van der Waals surface area contributed by atoms with E-state index in [0.717, 1.165) is 33.6 Å². The van der Waals surface area contributed by atoms with Crippen molar-refractivity contribution >= 4 is 35.7 Å². The Morgan fingerprint density at radius 2 is 0.964 bits per heavy atom. The summed E-state index contributed by atoms with van der Waals surface area (Å²) < 4.78 is 9.52. The summed E-state index contributed by atoms with van der Waals surface area (Å²) in [6.45, 7) is 7.57. The van der Waals surface area contributed by atoms with Crippen LogP contribution < -0.4 is 0 Å². The topological polar surface area (TPSA) is 77.3 Å². The van der Waals surface area contributed by atoms with Gasteiger partial charge in [0.05, 0.1) is 36.7 Å². The van der Waals surface area contributed by atoms with Crippen LogP contribution >= 0.6 is 0 Å². The van der Waals surface area contributed by atoms with E-state index in [2.05, 4.69) is 9.98 Å². The third-order valence-electron chi connectivity index (χ3n) is 4.30. The van der Waals surface area contributed by atoms with Gasteiger partial charge in [-0.3, -0.25) is 9.98 Å². The van der Waals surface area contributed by atoms with Crippen LogP contribution in [0.25, 0.3) is 0 Å². The van der Waals surface area contributed by atoms with E-state index in [1.807, 2.05) is 27.7 Å². The molecule has 0 N–H and O–H groups in total. The summed E-state index contributed by atoms with van der Waals surface area (Å²) in [7, 11) is 2.72. The quantitative estimate of drug-likeness (QED) is 0.561. The van der Waals surface area contributed by atoms with E-state index < -0.39 is 0 Å². The maximum atomic E-state index is 11.7. The van der Waals surface area contributed by atoms with Crippen molar-refractivity contribution in [3.05, 3.63) is 57.6 Å². The Balaban J connectivity index is 2.25. The molecule has 0 fully saturated rings. The molecule has 6 nitrogen and oxygen atoms in total. The van der Waals surface area contributed by atoms with Gasteiger partial charge in [0.2, 0.25) is 0 Å². The van der Waals surface area contributed by atoms with E-state index in [1.54, 1.807) is 36.7 Å². The molecule has 2 aromatic carbocycles. The minimum absolute atomic E-state index is 0.371. The predicted octanol–water partition coefficient (Wildman–Crippen LogP) is 4.60. The highest BCUT2D eigenvalue weighted by atomic mass is 16.5. The minimum Gasteiger partial charge on any atom is -0.465 e. The first-order valence-corrected chi connectivity index (χ1v) is 8.74. The average molecular weight is 380 g/mol. The van der Waals surface area contributed by atoms with Crippen LogP contribution in [-0.4, -0.2) is 38.6 Å². The third-order valence-corrected chi connectivity index (χ3v) is 4.30. The molecular weight excluding hydrogens is 356 g/mol. The molecule has 0 aliphatic heterocycles. The highest BCUT2D eigenvalue weighted by Gasteiger charge is 2.11. The third kappa shape index (κ3) is 4.71. The molecule has 0 heterocycles. The number of aliphatic imine (C=N–C) groups is 2. The fraction of sp³-hybridized carbons (Fsp3) is 0.273. The molecule has 0 saturated heterocycles. The van der Waals surface area contributed by atoms with Crippen molar-refractivity contribution in [3.8, 4) is 0 Å². The van der Waals surface area contributed by atoms with Gasteiger partial charge in [0.15, 0.2) is 0 Å². The molecule has 146 valence electrons. The lowest BCUT2D eigenvalue weighted by atomic mass is 10.0. The van der Waals surface area contributed by atoms with Gasteiger partial charge in [0.1, 0.15) is 0 Å². The second-order valence-electron chi connectivity index (χ2n) is 6.46. The largest absolute Gasteiger partial charge is 0.465 e. The summed E-state index contributed by atoms with van der Waals surface area (Å²) in [6.07, 6.45) is 3.22. The smallest absolute Gasteiger partial charge is 0.337 e. The van der Waals surface area contributed by atoms with Gasteiger partial charge in [0, 0.05) is 12.4 Å². The summed E-state index contributed by atoms with van der Waals surface area (Å²) in [6, 6.07) is 7.01. The van der Waals surface area contributed by atoms with Crippen molar-refractivity contribution in [2.24, 2.45) is 9.98 Å². The number of nitrogens with zero attached hydrogens (tertiary/aromatic N) is 2. The predicted molar refractivity (Wildman–Crippen MR) is 111 cm³/mol. The van der Waals surface area contributed by atoms with Crippen molar-refractivity contribution in [1.29, 1.82) is 0 Å². The van der Waals surface area contributed by atoms with Crippen molar-refractivity contribution in [2.45, 2.75) is 27.7 Å². The normalized spacial score (nSPS) is 11.2. The van der Waals surface area contributed by atoms with Crippen molar-refractivity contribution in [3.63, 3.8) is 0 Å². The molecule has 0 aliphatic rings. The number of benzene rings is 2. The Labute approximate surface area is 164 Å². The standard InChI is InChI=1S/C22H24N2O4/c1-13-9-17(21(25)27-5)10-14(2)19(13)23-7-8-24-20-15(3)11-18(12-16(20)4)22(26)28-6/h7-12H,1-6H3. The molecule has 0 saturated carbocycles. The van der Waals surface area contributed by atoms with Crippen LogP contribution in [0.15, 0.2) is 34.3 Å². The second-order valence-corrected chi connectivity index (χ2v) is 6.46. The van der Waals surface area contributed by atoms with Crippen LogP contribution in [-0.2, 0) is 9.47 Å². The lowest BCUT2D eigenvalue weighted by Crippen LogP contribution is -2.02. The van der Waals surface area contributed by atoms with Gasteiger partial charge < -0.3 is 9.47 Å². The van der Waals surface area contributed by atoms with E-state index in [0.29, 0.717) is 11.1 Å². The molecule has 0 bridgehead atoms. The maximum Gasteiger partial charge on any atom is 0.337 e. The number of carbonyl (C=O) groups is 2. The summed E-state index contributed by atoms with van der Waals surface area (Å²) in [5.74, 6) is -0.741. The number of aryl methyl sites for hydroxylation is 4. The number of ether oxygens (including phenoxy) is 2. The molecule has 0 radical (unpaired) electrons. The van der Waals surface area contributed by atoms with E-state index in [-0.39, 0.29) is 11.9 Å². The van der Waals surface area contributed by atoms with Crippen LogP contribution in [0, 0.1) is 27.7 Å². The van der Waals surface area contributed by atoms with Crippen LogP contribution in [0.2, 0.25) is 0 Å². The van der Waals surface area contributed by atoms with Crippen LogP contribution in [0.3, 0.4) is 0 Å². The molecule has 0 spiro atoms. The molecular formula is C22H24N2O4. The van der Waals surface area contributed by atoms with Gasteiger partial charge in [-0.2, -0.15) is 0 Å². The minimum atomic E-state index is -0.371. The number of methoxy groups -OCH3 is 2. The molecule has 0 aromatic heterocycles. The van der Waals surface area contributed by atoms with Gasteiger partial charge in [-0.15, -0.1) is 0 Å². The van der Waals surface area contributed by atoms with Gasteiger partial charge in [-0.1, -0.05) is 0 Å². The summed E-state index contributed by atoms with van der Waals surface area (Å²) in [5, 5.41) is 0. The zero-order valence-electron chi connectivity index (χ0n) is 17.0. The van der Waals surface area contributed by atoms with E-state index in [9.17, 15) is 9.59 Å². The number of esters is 2.